The molecule has 0 saturated carbocycles. The fraction of sp³-hybridized carbons (Fsp3) is 0.185. The highest BCUT2D eigenvalue weighted by Gasteiger charge is 2.31. The van der Waals surface area contributed by atoms with Gasteiger partial charge >= 0.3 is 0 Å². The van der Waals surface area contributed by atoms with Gasteiger partial charge in [-0.25, -0.2) is 0 Å². The van der Waals surface area contributed by atoms with Crippen LogP contribution in [0.15, 0.2) is 48.8 Å². The van der Waals surface area contributed by atoms with Crippen molar-refractivity contribution < 1.29 is 28.8 Å². The van der Waals surface area contributed by atoms with Crippen LogP contribution in [0.3, 0.4) is 0 Å². The third-order valence-corrected chi connectivity index (χ3v) is 6.23. The molecule has 0 spiro atoms. The maximum atomic E-state index is 9.92. The van der Waals surface area contributed by atoms with E-state index in [1.165, 1.54) is 0 Å². The van der Waals surface area contributed by atoms with Gasteiger partial charge in [0.25, 0.3) is 0 Å². The second-order valence-corrected chi connectivity index (χ2v) is 7.93. The van der Waals surface area contributed by atoms with Gasteiger partial charge in [-0.3, -0.25) is 0 Å². The Kier molecular flexibility index (Phi) is 5.56. The molecule has 8 heteroatoms. The highest BCUT2D eigenvalue weighted by molar-refractivity contribution is 6.06. The molecule has 35 heavy (non-hydrogen) atoms. The Bertz CT molecular complexity index is 1520. The third-order valence-electron chi connectivity index (χ3n) is 6.23. The van der Waals surface area contributed by atoms with Gasteiger partial charge in [-0.15, -0.1) is 0 Å². The van der Waals surface area contributed by atoms with E-state index in [2.05, 4.69) is 9.97 Å². The van der Waals surface area contributed by atoms with E-state index in [0.29, 0.717) is 34.1 Å². The minimum absolute atomic E-state index is 0.173. The van der Waals surface area contributed by atoms with Gasteiger partial charge < -0.3 is 38.8 Å². The van der Waals surface area contributed by atoms with Crippen molar-refractivity contribution in [2.75, 3.05) is 35.5 Å². The van der Waals surface area contributed by atoms with Gasteiger partial charge in [-0.1, -0.05) is 0 Å². The van der Waals surface area contributed by atoms with Gasteiger partial charge in [0, 0.05) is 57.5 Å². The average molecular weight is 475 g/mol. The predicted octanol–water partition coefficient (Wildman–Crippen LogP) is 5.73. The standard InChI is InChI=1S/C27H26N2O6/c1-31-15-7-9-17-19(13-29-21(17)11-15)23-26(34-4)24(32-2)22(25(33-3)27(23)35-5)18-12-28-20-10-14(30)6-8-16(18)20/h6-13,28-30H,1-5H3. The Morgan fingerprint density at radius 3 is 1.49 bits per heavy atom. The molecule has 0 radical (unpaired) electrons. The van der Waals surface area contributed by atoms with Gasteiger partial charge in [0.2, 0.25) is 0 Å². The van der Waals surface area contributed by atoms with Crippen molar-refractivity contribution in [1.82, 2.24) is 9.97 Å². The van der Waals surface area contributed by atoms with Gasteiger partial charge in [0.15, 0.2) is 23.0 Å². The highest BCUT2D eigenvalue weighted by atomic mass is 16.5. The van der Waals surface area contributed by atoms with Crippen LogP contribution in [-0.2, 0) is 0 Å². The van der Waals surface area contributed by atoms with Crippen LogP contribution in [0.1, 0.15) is 0 Å². The molecule has 3 N–H and O–H groups in total. The van der Waals surface area contributed by atoms with E-state index < -0.39 is 0 Å². The van der Waals surface area contributed by atoms with E-state index in [4.69, 9.17) is 23.7 Å². The van der Waals surface area contributed by atoms with Gasteiger partial charge in [0.05, 0.1) is 46.7 Å². The van der Waals surface area contributed by atoms with Crippen molar-refractivity contribution in [3.63, 3.8) is 0 Å². The SMILES string of the molecule is COc1ccc2c(-c3c(OC)c(OC)c(-c4c[nH]c5cc(O)ccc45)c(OC)c3OC)c[nH]c2c1. The molecule has 5 rings (SSSR count). The van der Waals surface area contributed by atoms with Crippen molar-refractivity contribution in [3.8, 4) is 56.8 Å². The summed E-state index contributed by atoms with van der Waals surface area (Å²) in [4.78, 5) is 6.52. The first-order chi connectivity index (χ1) is 17.1. The maximum absolute atomic E-state index is 9.92. The number of aromatic amines is 2. The second-order valence-electron chi connectivity index (χ2n) is 7.93. The highest BCUT2D eigenvalue weighted by Crippen LogP contribution is 2.58. The van der Waals surface area contributed by atoms with Crippen LogP contribution in [-0.4, -0.2) is 50.6 Å². The zero-order valence-corrected chi connectivity index (χ0v) is 20.1. The van der Waals surface area contributed by atoms with E-state index in [1.54, 1.807) is 47.7 Å². The summed E-state index contributed by atoms with van der Waals surface area (Å²) in [6.07, 6.45) is 3.75. The molecule has 0 aliphatic carbocycles. The minimum atomic E-state index is 0.173. The molecule has 2 heterocycles. The number of fused-ring (bicyclic) bond motifs is 2. The quantitative estimate of drug-likeness (QED) is 0.279. The molecular weight excluding hydrogens is 448 g/mol. The molecule has 5 aromatic rings. The molecule has 0 aliphatic rings. The van der Waals surface area contributed by atoms with Gasteiger partial charge in [-0.2, -0.15) is 0 Å². The van der Waals surface area contributed by atoms with Crippen LogP contribution in [0, 0.1) is 0 Å². The van der Waals surface area contributed by atoms with E-state index in [0.717, 1.165) is 38.7 Å². The van der Waals surface area contributed by atoms with Gasteiger partial charge in [-0.05, 0) is 24.3 Å². The molecule has 2 aromatic heterocycles. The van der Waals surface area contributed by atoms with Crippen molar-refractivity contribution >= 4 is 21.8 Å². The summed E-state index contributed by atoms with van der Waals surface area (Å²) >= 11 is 0. The predicted molar refractivity (Wildman–Crippen MR) is 135 cm³/mol. The molecule has 0 unspecified atom stereocenters. The lowest BCUT2D eigenvalue weighted by Crippen LogP contribution is -2.02. The summed E-state index contributed by atoms with van der Waals surface area (Å²) in [5.74, 6) is 2.93. The van der Waals surface area contributed by atoms with Crippen LogP contribution >= 0.6 is 0 Å². The average Bonchev–Trinajstić information content (AvgIpc) is 3.49. The summed E-state index contributed by atoms with van der Waals surface area (Å²) in [7, 11) is 8.03. The number of ether oxygens (including phenoxy) is 5. The number of phenolic OH excluding ortho intramolecular Hbond substituents is 1. The number of H-pyrrole nitrogens is 2. The van der Waals surface area contributed by atoms with Crippen LogP contribution in [0.25, 0.3) is 44.1 Å². The Morgan fingerprint density at radius 1 is 0.571 bits per heavy atom. The number of aromatic nitrogens is 2. The number of rotatable bonds is 7. The van der Waals surface area contributed by atoms with E-state index in [1.807, 2.05) is 36.7 Å². The summed E-state index contributed by atoms with van der Waals surface area (Å²) < 4.78 is 29.1. The number of nitrogens with one attached hydrogen (secondary N) is 2. The first-order valence-corrected chi connectivity index (χ1v) is 10.9. The zero-order chi connectivity index (χ0) is 24.7. The lowest BCUT2D eigenvalue weighted by Gasteiger charge is -2.23. The number of methoxy groups -OCH3 is 5. The van der Waals surface area contributed by atoms with E-state index in [-0.39, 0.29) is 5.75 Å². The summed E-state index contributed by atoms with van der Waals surface area (Å²) in [5, 5.41) is 11.8. The first-order valence-electron chi connectivity index (χ1n) is 10.9. The Labute approximate surface area is 202 Å². The lowest BCUT2D eigenvalue weighted by atomic mass is 9.94. The molecule has 3 aromatic carbocycles. The number of hydrogen-bond donors (Lipinski definition) is 3. The van der Waals surface area contributed by atoms with E-state index in [9.17, 15) is 5.11 Å². The molecule has 0 saturated heterocycles. The van der Waals surface area contributed by atoms with Crippen molar-refractivity contribution in [2.24, 2.45) is 0 Å². The summed E-state index contributed by atoms with van der Waals surface area (Å²) in [6, 6.07) is 11.0. The van der Waals surface area contributed by atoms with Crippen LogP contribution in [0.4, 0.5) is 0 Å². The Morgan fingerprint density at radius 2 is 1.03 bits per heavy atom. The smallest absolute Gasteiger partial charge is 0.173 e. The molecule has 0 bridgehead atoms. The van der Waals surface area contributed by atoms with Crippen LogP contribution in [0.2, 0.25) is 0 Å². The van der Waals surface area contributed by atoms with E-state index >= 15 is 0 Å². The molecule has 0 fully saturated rings. The molecule has 0 aliphatic heterocycles. The first kappa shape index (κ1) is 22.3. The fourth-order valence-corrected chi connectivity index (χ4v) is 4.69. The number of benzene rings is 3. The third kappa shape index (κ3) is 3.37. The van der Waals surface area contributed by atoms with Crippen molar-refractivity contribution in [2.45, 2.75) is 0 Å². The topological polar surface area (TPSA) is 98.0 Å². The minimum Gasteiger partial charge on any atom is -0.508 e. The summed E-state index contributed by atoms with van der Waals surface area (Å²) in [6.45, 7) is 0. The molecule has 180 valence electrons. The van der Waals surface area contributed by atoms with Crippen molar-refractivity contribution in [3.05, 3.63) is 48.8 Å². The normalized spacial score (nSPS) is 11.1. The number of aromatic hydroxyl groups is 1. The zero-order valence-electron chi connectivity index (χ0n) is 20.1. The maximum Gasteiger partial charge on any atom is 0.173 e. The Hall–Kier alpha value is -4.46. The molecule has 8 nitrogen and oxygen atoms in total. The Balaban J connectivity index is 1.87. The van der Waals surface area contributed by atoms with Crippen LogP contribution in [0.5, 0.6) is 34.5 Å². The largest absolute Gasteiger partial charge is 0.508 e. The molecule has 0 atom stereocenters. The molecule has 0 amide bonds. The monoisotopic (exact) mass is 474 g/mol. The number of phenols is 1. The second kappa shape index (κ2) is 8.72. The summed E-state index contributed by atoms with van der Waals surface area (Å²) in [5.41, 5.74) is 4.73. The lowest BCUT2D eigenvalue weighted by molar-refractivity contribution is 0.333. The van der Waals surface area contributed by atoms with Gasteiger partial charge in [0.1, 0.15) is 11.5 Å². The van der Waals surface area contributed by atoms with Crippen LogP contribution < -0.4 is 23.7 Å². The number of hydrogen-bond acceptors (Lipinski definition) is 6. The fourth-order valence-electron chi connectivity index (χ4n) is 4.69. The van der Waals surface area contributed by atoms with Crippen molar-refractivity contribution in [1.29, 1.82) is 0 Å². The molecular formula is C27H26N2O6.